The van der Waals surface area contributed by atoms with Gasteiger partial charge in [-0.25, -0.2) is 13.6 Å². The fourth-order valence-corrected chi connectivity index (χ4v) is 3.75. The van der Waals surface area contributed by atoms with Crippen molar-refractivity contribution in [2.24, 2.45) is 5.14 Å². The lowest BCUT2D eigenvalue weighted by molar-refractivity contribution is 0.596. The lowest BCUT2D eigenvalue weighted by Crippen LogP contribution is -2.33. The first-order valence-electron chi connectivity index (χ1n) is 7.00. The predicted octanol–water partition coefficient (Wildman–Crippen LogP) is 1.99. The molecule has 0 amide bonds. The van der Waals surface area contributed by atoms with Crippen LogP contribution in [0.15, 0.2) is 17.0 Å². The topological polar surface area (TPSA) is 89.4 Å². The normalized spacial score (nSPS) is 20.8. The summed E-state index contributed by atoms with van der Waals surface area (Å²) in [4.78, 5) is 2.39. The van der Waals surface area contributed by atoms with Crippen LogP contribution in [0.1, 0.15) is 38.2 Å². The number of primary sulfonamides is 1. The maximum absolute atomic E-state index is 11.7. The van der Waals surface area contributed by atoms with E-state index in [-0.39, 0.29) is 4.90 Å². The van der Waals surface area contributed by atoms with E-state index in [2.05, 4.69) is 11.8 Å². The molecular formula is C14H23N3O2S. The Hall–Kier alpha value is -1.27. The zero-order valence-corrected chi connectivity index (χ0v) is 12.9. The molecular weight excluding hydrogens is 274 g/mol. The van der Waals surface area contributed by atoms with Crippen molar-refractivity contribution in [1.29, 1.82) is 0 Å². The van der Waals surface area contributed by atoms with E-state index >= 15 is 0 Å². The first-order valence-corrected chi connectivity index (χ1v) is 8.55. The van der Waals surface area contributed by atoms with Gasteiger partial charge in [-0.3, -0.25) is 0 Å². The fraction of sp³-hybridized carbons (Fsp3) is 0.571. The van der Waals surface area contributed by atoms with Crippen molar-refractivity contribution in [2.75, 3.05) is 17.2 Å². The molecule has 0 radical (unpaired) electrons. The summed E-state index contributed by atoms with van der Waals surface area (Å²) in [5.74, 6) is 0. The van der Waals surface area contributed by atoms with E-state index in [0.717, 1.165) is 25.1 Å². The molecule has 1 aliphatic heterocycles. The summed E-state index contributed by atoms with van der Waals surface area (Å²) in [6, 6.07) is 3.67. The van der Waals surface area contributed by atoms with Gasteiger partial charge in [0.05, 0.1) is 4.90 Å². The van der Waals surface area contributed by atoms with Crippen molar-refractivity contribution in [3.8, 4) is 0 Å². The Morgan fingerprint density at radius 1 is 1.25 bits per heavy atom. The fourth-order valence-electron chi connectivity index (χ4n) is 2.92. The molecule has 5 nitrogen and oxygen atoms in total. The molecule has 20 heavy (non-hydrogen) atoms. The van der Waals surface area contributed by atoms with Gasteiger partial charge in [-0.2, -0.15) is 0 Å². The summed E-state index contributed by atoms with van der Waals surface area (Å²) in [5, 5.41) is 5.29. The van der Waals surface area contributed by atoms with Crippen LogP contribution in [0.4, 0.5) is 11.4 Å². The van der Waals surface area contributed by atoms with Gasteiger partial charge >= 0.3 is 0 Å². The molecule has 4 N–H and O–H groups in total. The molecule has 0 saturated carbocycles. The first kappa shape index (κ1) is 15.1. The number of rotatable bonds is 2. The molecule has 0 spiro atoms. The maximum atomic E-state index is 11.7. The number of benzene rings is 1. The number of hydrogen-bond acceptors (Lipinski definition) is 4. The van der Waals surface area contributed by atoms with E-state index in [1.165, 1.54) is 18.9 Å². The lowest BCUT2D eigenvalue weighted by Gasteiger charge is -2.31. The zero-order valence-electron chi connectivity index (χ0n) is 12.1. The molecule has 1 aromatic carbocycles. The summed E-state index contributed by atoms with van der Waals surface area (Å²) in [5.41, 5.74) is 7.89. The highest BCUT2D eigenvalue weighted by molar-refractivity contribution is 7.89. The maximum Gasteiger partial charge on any atom is 0.238 e. The van der Waals surface area contributed by atoms with Crippen molar-refractivity contribution in [1.82, 2.24) is 0 Å². The predicted molar refractivity (Wildman–Crippen MR) is 82.2 cm³/mol. The highest BCUT2D eigenvalue weighted by Crippen LogP contribution is 2.32. The Bertz CT molecular complexity index is 599. The molecule has 6 heteroatoms. The summed E-state index contributed by atoms with van der Waals surface area (Å²) in [6.07, 6.45) is 4.65. The van der Waals surface area contributed by atoms with Crippen molar-refractivity contribution < 1.29 is 8.42 Å². The SMILES string of the molecule is Cc1c(N2CCCCCC2C)cc(N)cc1S(N)(=O)=O. The Morgan fingerprint density at radius 3 is 2.60 bits per heavy atom. The zero-order chi connectivity index (χ0) is 14.9. The van der Waals surface area contributed by atoms with Gasteiger partial charge in [0, 0.05) is 24.0 Å². The smallest absolute Gasteiger partial charge is 0.238 e. The molecule has 1 saturated heterocycles. The van der Waals surface area contributed by atoms with E-state index in [4.69, 9.17) is 10.9 Å². The van der Waals surface area contributed by atoms with Crippen molar-refractivity contribution >= 4 is 21.4 Å². The molecule has 1 fully saturated rings. The number of nitrogens with zero attached hydrogens (tertiary/aromatic N) is 1. The van der Waals surface area contributed by atoms with Gasteiger partial charge in [-0.05, 0) is 44.4 Å². The molecule has 0 aliphatic carbocycles. The van der Waals surface area contributed by atoms with Crippen LogP contribution in [0.25, 0.3) is 0 Å². The molecule has 1 aliphatic rings. The molecule has 2 rings (SSSR count). The van der Waals surface area contributed by atoms with Crippen molar-refractivity contribution in [2.45, 2.75) is 50.5 Å². The number of nitrogens with two attached hydrogens (primary N) is 2. The monoisotopic (exact) mass is 297 g/mol. The second-order valence-corrected chi connectivity index (χ2v) is 7.13. The number of nitrogen functional groups attached to an aromatic ring is 1. The van der Waals surface area contributed by atoms with Gasteiger partial charge in [0.15, 0.2) is 0 Å². The van der Waals surface area contributed by atoms with Gasteiger partial charge in [0.1, 0.15) is 0 Å². The third-order valence-electron chi connectivity index (χ3n) is 4.02. The highest BCUT2D eigenvalue weighted by Gasteiger charge is 2.23. The quantitative estimate of drug-likeness (QED) is 0.817. The Balaban J connectivity index is 2.53. The van der Waals surface area contributed by atoms with E-state index in [9.17, 15) is 8.42 Å². The van der Waals surface area contributed by atoms with Gasteiger partial charge in [0.25, 0.3) is 0 Å². The van der Waals surface area contributed by atoms with E-state index in [1.807, 2.05) is 6.07 Å². The van der Waals surface area contributed by atoms with E-state index in [1.54, 1.807) is 6.92 Å². The Kier molecular flexibility index (Phi) is 4.25. The third kappa shape index (κ3) is 3.07. The molecule has 112 valence electrons. The minimum Gasteiger partial charge on any atom is -0.399 e. The highest BCUT2D eigenvalue weighted by atomic mass is 32.2. The Morgan fingerprint density at radius 2 is 1.95 bits per heavy atom. The van der Waals surface area contributed by atoms with Crippen LogP contribution in [-0.2, 0) is 10.0 Å². The summed E-state index contributed by atoms with van der Waals surface area (Å²) in [7, 11) is -3.75. The lowest BCUT2D eigenvalue weighted by atomic mass is 10.1. The molecule has 1 aromatic rings. The van der Waals surface area contributed by atoms with Crippen molar-refractivity contribution in [3.05, 3.63) is 17.7 Å². The molecule has 1 atom stereocenters. The summed E-state index contributed by atoms with van der Waals surface area (Å²) in [6.45, 7) is 4.90. The second kappa shape index (κ2) is 5.61. The van der Waals surface area contributed by atoms with Crippen LogP contribution in [0.5, 0.6) is 0 Å². The van der Waals surface area contributed by atoms with E-state index in [0.29, 0.717) is 17.3 Å². The van der Waals surface area contributed by atoms with Crippen LogP contribution in [0.2, 0.25) is 0 Å². The second-order valence-electron chi connectivity index (χ2n) is 5.60. The molecule has 0 bridgehead atoms. The minimum atomic E-state index is -3.75. The van der Waals surface area contributed by atoms with Gasteiger partial charge in [0.2, 0.25) is 10.0 Å². The van der Waals surface area contributed by atoms with Crippen LogP contribution >= 0.6 is 0 Å². The largest absolute Gasteiger partial charge is 0.399 e. The van der Waals surface area contributed by atoms with Crippen LogP contribution < -0.4 is 15.8 Å². The van der Waals surface area contributed by atoms with Crippen LogP contribution in [0, 0.1) is 6.92 Å². The van der Waals surface area contributed by atoms with Gasteiger partial charge < -0.3 is 10.6 Å². The van der Waals surface area contributed by atoms with Gasteiger partial charge in [-0.15, -0.1) is 0 Å². The summed E-state index contributed by atoms with van der Waals surface area (Å²) >= 11 is 0. The average molecular weight is 297 g/mol. The first-order chi connectivity index (χ1) is 9.30. The van der Waals surface area contributed by atoms with Crippen LogP contribution in [-0.4, -0.2) is 21.0 Å². The summed E-state index contributed by atoms with van der Waals surface area (Å²) < 4.78 is 23.4. The number of sulfonamides is 1. The Labute approximate surface area is 121 Å². The standard InChI is InChI=1S/C14H23N3O2S/c1-10-6-4-3-5-7-17(10)13-8-12(15)9-14(11(13)2)20(16,18)19/h8-10H,3-7,15H2,1-2H3,(H2,16,18,19). The molecule has 0 aromatic heterocycles. The average Bonchev–Trinajstić information content (AvgIpc) is 2.55. The third-order valence-corrected chi connectivity index (χ3v) is 5.06. The number of hydrogen-bond donors (Lipinski definition) is 2. The van der Waals surface area contributed by atoms with Crippen molar-refractivity contribution in [3.63, 3.8) is 0 Å². The van der Waals surface area contributed by atoms with E-state index < -0.39 is 10.0 Å². The molecule has 1 heterocycles. The molecule has 1 unspecified atom stereocenters. The minimum absolute atomic E-state index is 0.129. The number of anilines is 2. The van der Waals surface area contributed by atoms with Gasteiger partial charge in [-0.1, -0.05) is 12.8 Å². The van der Waals surface area contributed by atoms with Crippen LogP contribution in [0.3, 0.4) is 0 Å².